The van der Waals surface area contributed by atoms with E-state index in [0.717, 1.165) is 32.7 Å². The molecule has 1 fully saturated rings. The van der Waals surface area contributed by atoms with Gasteiger partial charge in [0.05, 0.1) is 5.60 Å². The van der Waals surface area contributed by atoms with Gasteiger partial charge in [0.15, 0.2) is 0 Å². The SMILES string of the molecule is CCCNCCC1(OCCCOC)CCC1. The lowest BCUT2D eigenvalue weighted by atomic mass is 9.77. The van der Waals surface area contributed by atoms with E-state index in [2.05, 4.69) is 12.2 Å². The number of methoxy groups -OCH3 is 1. The third-order valence-corrected chi connectivity index (χ3v) is 3.35. The predicted molar refractivity (Wildman–Crippen MR) is 66.8 cm³/mol. The molecule has 0 radical (unpaired) electrons. The van der Waals surface area contributed by atoms with Gasteiger partial charge < -0.3 is 14.8 Å². The molecule has 0 unspecified atom stereocenters. The van der Waals surface area contributed by atoms with Crippen molar-refractivity contribution in [3.63, 3.8) is 0 Å². The fraction of sp³-hybridized carbons (Fsp3) is 1.00. The van der Waals surface area contributed by atoms with Crippen molar-refractivity contribution in [1.82, 2.24) is 5.32 Å². The minimum absolute atomic E-state index is 0.203. The largest absolute Gasteiger partial charge is 0.385 e. The molecule has 1 aliphatic rings. The Morgan fingerprint density at radius 2 is 2.00 bits per heavy atom. The molecule has 0 aromatic rings. The van der Waals surface area contributed by atoms with Crippen LogP contribution in [0, 0.1) is 0 Å². The van der Waals surface area contributed by atoms with Crippen molar-refractivity contribution in [2.75, 3.05) is 33.4 Å². The smallest absolute Gasteiger partial charge is 0.0694 e. The lowest BCUT2D eigenvalue weighted by Crippen LogP contribution is -2.43. The molecule has 96 valence electrons. The molecule has 0 amide bonds. The monoisotopic (exact) mass is 229 g/mol. The Kier molecular flexibility index (Phi) is 7.01. The highest BCUT2D eigenvalue weighted by Gasteiger charge is 2.37. The van der Waals surface area contributed by atoms with E-state index in [-0.39, 0.29) is 5.60 Å². The molecule has 3 heteroatoms. The minimum atomic E-state index is 0.203. The molecular weight excluding hydrogens is 202 g/mol. The summed E-state index contributed by atoms with van der Waals surface area (Å²) >= 11 is 0. The van der Waals surface area contributed by atoms with Crippen molar-refractivity contribution in [2.45, 2.75) is 51.0 Å². The van der Waals surface area contributed by atoms with Crippen LogP contribution in [0.3, 0.4) is 0 Å². The Hall–Kier alpha value is -0.120. The minimum Gasteiger partial charge on any atom is -0.385 e. The normalized spacial score (nSPS) is 18.4. The van der Waals surface area contributed by atoms with Crippen molar-refractivity contribution < 1.29 is 9.47 Å². The Labute approximate surface area is 99.9 Å². The van der Waals surface area contributed by atoms with Gasteiger partial charge in [-0.15, -0.1) is 0 Å². The Balaban J connectivity index is 2.07. The van der Waals surface area contributed by atoms with E-state index in [4.69, 9.17) is 9.47 Å². The van der Waals surface area contributed by atoms with Crippen LogP contribution in [0.4, 0.5) is 0 Å². The van der Waals surface area contributed by atoms with Crippen LogP contribution in [-0.2, 0) is 9.47 Å². The molecule has 16 heavy (non-hydrogen) atoms. The highest BCUT2D eigenvalue weighted by atomic mass is 16.5. The van der Waals surface area contributed by atoms with E-state index in [1.54, 1.807) is 7.11 Å². The van der Waals surface area contributed by atoms with Crippen LogP contribution in [0.2, 0.25) is 0 Å². The average molecular weight is 229 g/mol. The van der Waals surface area contributed by atoms with E-state index in [0.29, 0.717) is 0 Å². The number of hydrogen-bond acceptors (Lipinski definition) is 3. The molecule has 3 nitrogen and oxygen atoms in total. The third kappa shape index (κ3) is 4.81. The summed E-state index contributed by atoms with van der Waals surface area (Å²) in [4.78, 5) is 0. The topological polar surface area (TPSA) is 30.5 Å². The highest BCUT2D eigenvalue weighted by Crippen LogP contribution is 2.38. The second-order valence-corrected chi connectivity index (χ2v) is 4.73. The Morgan fingerprint density at radius 3 is 2.56 bits per heavy atom. The van der Waals surface area contributed by atoms with Crippen molar-refractivity contribution in [3.8, 4) is 0 Å². The zero-order valence-electron chi connectivity index (χ0n) is 10.9. The van der Waals surface area contributed by atoms with Gasteiger partial charge in [0.1, 0.15) is 0 Å². The Morgan fingerprint density at radius 1 is 1.19 bits per heavy atom. The number of rotatable bonds is 10. The van der Waals surface area contributed by atoms with Crippen LogP contribution >= 0.6 is 0 Å². The summed E-state index contributed by atoms with van der Waals surface area (Å²) in [6.07, 6.45) is 7.21. The maximum absolute atomic E-state index is 6.03. The zero-order valence-corrected chi connectivity index (χ0v) is 10.9. The quantitative estimate of drug-likeness (QED) is 0.583. The molecule has 0 aromatic heterocycles. The van der Waals surface area contributed by atoms with Gasteiger partial charge in [0, 0.05) is 20.3 Å². The molecule has 0 saturated heterocycles. The van der Waals surface area contributed by atoms with E-state index in [1.165, 1.54) is 32.1 Å². The second kappa shape index (κ2) is 8.04. The van der Waals surface area contributed by atoms with Gasteiger partial charge in [-0.05, 0) is 51.6 Å². The van der Waals surface area contributed by atoms with Gasteiger partial charge in [0.25, 0.3) is 0 Å². The first-order chi connectivity index (χ1) is 7.83. The van der Waals surface area contributed by atoms with Crippen molar-refractivity contribution in [2.24, 2.45) is 0 Å². The molecule has 0 spiro atoms. The molecule has 0 aliphatic heterocycles. The first kappa shape index (κ1) is 13.9. The van der Waals surface area contributed by atoms with Gasteiger partial charge in [-0.25, -0.2) is 0 Å². The predicted octanol–water partition coefficient (Wildman–Crippen LogP) is 2.35. The molecule has 1 N–H and O–H groups in total. The highest BCUT2D eigenvalue weighted by molar-refractivity contribution is 4.90. The van der Waals surface area contributed by atoms with E-state index in [1.807, 2.05) is 0 Å². The summed E-state index contributed by atoms with van der Waals surface area (Å²) in [6.45, 7) is 6.08. The summed E-state index contributed by atoms with van der Waals surface area (Å²) < 4.78 is 11.1. The zero-order chi connectivity index (χ0) is 11.7. The summed E-state index contributed by atoms with van der Waals surface area (Å²) in [5.41, 5.74) is 0.203. The van der Waals surface area contributed by atoms with Gasteiger partial charge >= 0.3 is 0 Å². The Bertz CT molecular complexity index is 155. The van der Waals surface area contributed by atoms with Crippen LogP contribution in [-0.4, -0.2) is 39.0 Å². The van der Waals surface area contributed by atoms with Crippen LogP contribution in [0.5, 0.6) is 0 Å². The van der Waals surface area contributed by atoms with Gasteiger partial charge in [-0.3, -0.25) is 0 Å². The molecule has 0 aromatic carbocycles. The molecule has 0 bridgehead atoms. The van der Waals surface area contributed by atoms with Crippen molar-refractivity contribution in [3.05, 3.63) is 0 Å². The lowest BCUT2D eigenvalue weighted by molar-refractivity contribution is -0.107. The summed E-state index contributed by atoms with van der Waals surface area (Å²) in [6, 6.07) is 0. The third-order valence-electron chi connectivity index (χ3n) is 3.35. The summed E-state index contributed by atoms with van der Waals surface area (Å²) in [5.74, 6) is 0. The van der Waals surface area contributed by atoms with Crippen LogP contribution < -0.4 is 5.32 Å². The van der Waals surface area contributed by atoms with E-state index in [9.17, 15) is 0 Å². The number of hydrogen-bond donors (Lipinski definition) is 1. The second-order valence-electron chi connectivity index (χ2n) is 4.73. The first-order valence-corrected chi connectivity index (χ1v) is 6.66. The number of ether oxygens (including phenoxy) is 2. The lowest BCUT2D eigenvalue weighted by Gasteiger charge is -2.42. The van der Waals surface area contributed by atoms with Crippen LogP contribution in [0.25, 0.3) is 0 Å². The molecule has 0 heterocycles. The fourth-order valence-electron chi connectivity index (χ4n) is 2.15. The molecule has 0 atom stereocenters. The van der Waals surface area contributed by atoms with E-state index >= 15 is 0 Å². The standard InChI is InChI=1S/C13H27NO2/c1-3-9-14-10-8-13(6-4-7-13)16-12-5-11-15-2/h14H,3-12H2,1-2H3. The van der Waals surface area contributed by atoms with Gasteiger partial charge in [-0.1, -0.05) is 6.92 Å². The average Bonchev–Trinajstić information content (AvgIpc) is 2.25. The molecule has 1 rings (SSSR count). The summed E-state index contributed by atoms with van der Waals surface area (Å²) in [5, 5.41) is 3.46. The molecular formula is C13H27NO2. The van der Waals surface area contributed by atoms with Gasteiger partial charge in [-0.2, -0.15) is 0 Å². The van der Waals surface area contributed by atoms with E-state index < -0.39 is 0 Å². The van der Waals surface area contributed by atoms with Gasteiger partial charge in [0.2, 0.25) is 0 Å². The number of nitrogens with one attached hydrogen (secondary N) is 1. The van der Waals surface area contributed by atoms with Crippen molar-refractivity contribution >= 4 is 0 Å². The molecule has 1 saturated carbocycles. The maximum atomic E-state index is 6.03. The van der Waals surface area contributed by atoms with Crippen LogP contribution in [0.15, 0.2) is 0 Å². The molecule has 1 aliphatic carbocycles. The fourth-order valence-corrected chi connectivity index (χ4v) is 2.15. The van der Waals surface area contributed by atoms with Crippen LogP contribution in [0.1, 0.15) is 45.4 Å². The van der Waals surface area contributed by atoms with Crippen molar-refractivity contribution in [1.29, 1.82) is 0 Å². The summed E-state index contributed by atoms with van der Waals surface area (Å²) in [7, 11) is 1.74. The first-order valence-electron chi connectivity index (χ1n) is 6.66. The maximum Gasteiger partial charge on any atom is 0.0694 e.